The lowest BCUT2D eigenvalue weighted by atomic mass is 10.0. The number of carbonyl (C=O) groups is 1. The number of hydrogen-bond donors (Lipinski definition) is 1. The van der Waals surface area contributed by atoms with Gasteiger partial charge < -0.3 is 4.90 Å². The van der Waals surface area contributed by atoms with E-state index in [1.54, 1.807) is 28.4 Å². The number of amides is 1. The molecule has 0 saturated heterocycles. The summed E-state index contributed by atoms with van der Waals surface area (Å²) in [5.41, 5.74) is 1.56. The van der Waals surface area contributed by atoms with E-state index in [9.17, 15) is 13.2 Å². The van der Waals surface area contributed by atoms with Gasteiger partial charge in [-0.05, 0) is 48.6 Å². The van der Waals surface area contributed by atoms with Gasteiger partial charge in [0.05, 0.1) is 10.9 Å². The molecule has 0 fully saturated rings. The van der Waals surface area contributed by atoms with Gasteiger partial charge in [-0.25, -0.2) is 13.1 Å². The molecule has 3 rings (SSSR count). The normalized spacial score (nSPS) is 17.2. The molecule has 1 amide bonds. The van der Waals surface area contributed by atoms with Crippen LogP contribution in [0.2, 0.25) is 0 Å². The van der Waals surface area contributed by atoms with Crippen LogP contribution in [0.1, 0.15) is 33.8 Å². The van der Waals surface area contributed by atoms with E-state index < -0.39 is 10.0 Å². The number of sulfonamides is 1. The summed E-state index contributed by atoms with van der Waals surface area (Å²) in [6.45, 7) is 6.29. The van der Waals surface area contributed by atoms with Gasteiger partial charge in [0.1, 0.15) is 0 Å². The van der Waals surface area contributed by atoms with Gasteiger partial charge in [-0.2, -0.15) is 0 Å². The number of carbonyl (C=O) groups excluding carboxylic acids is 1. The summed E-state index contributed by atoms with van der Waals surface area (Å²) in [7, 11) is -3.65. The van der Waals surface area contributed by atoms with Gasteiger partial charge in [0.2, 0.25) is 10.0 Å². The van der Waals surface area contributed by atoms with Gasteiger partial charge in [-0.1, -0.05) is 12.1 Å². The van der Waals surface area contributed by atoms with E-state index in [1.165, 1.54) is 28.6 Å². The van der Waals surface area contributed by atoms with E-state index in [0.29, 0.717) is 12.1 Å². The average molecular weight is 377 g/mol. The van der Waals surface area contributed by atoms with Gasteiger partial charge in [-0.15, -0.1) is 17.9 Å². The summed E-state index contributed by atoms with van der Waals surface area (Å²) in [6.07, 6.45) is 2.31. The standard InChI is InChI=1S/C18H20N2O3S2/c1-3-9-19-25(22,23)15-6-4-5-14(12-15)18(21)20-10-7-17-16(13(20)2)8-11-24-17/h3-6,8,11-13,19H,1,7,9-10H2,2H3/t13-/m0/s1. The molecule has 7 heteroatoms. The Balaban J connectivity index is 1.86. The van der Waals surface area contributed by atoms with E-state index in [-0.39, 0.29) is 23.4 Å². The van der Waals surface area contributed by atoms with Crippen LogP contribution in [0.4, 0.5) is 0 Å². The maximum atomic E-state index is 12.9. The zero-order chi connectivity index (χ0) is 18.0. The molecule has 1 atom stereocenters. The number of fused-ring (bicyclic) bond motifs is 1. The SMILES string of the molecule is C=CCNS(=O)(=O)c1cccc(C(=O)N2CCc3sccc3[C@@H]2C)c1. The van der Waals surface area contributed by atoms with Crippen molar-refractivity contribution in [2.45, 2.75) is 24.3 Å². The second-order valence-electron chi connectivity index (χ2n) is 5.89. The van der Waals surface area contributed by atoms with Crippen molar-refractivity contribution in [1.82, 2.24) is 9.62 Å². The molecule has 1 aromatic carbocycles. The minimum absolute atomic E-state index is 0.0124. The molecule has 132 valence electrons. The Hall–Kier alpha value is -1.96. The highest BCUT2D eigenvalue weighted by atomic mass is 32.2. The lowest BCUT2D eigenvalue weighted by Gasteiger charge is -2.33. The smallest absolute Gasteiger partial charge is 0.254 e. The quantitative estimate of drug-likeness (QED) is 0.816. The van der Waals surface area contributed by atoms with Gasteiger partial charge in [0.25, 0.3) is 5.91 Å². The number of nitrogens with one attached hydrogen (secondary N) is 1. The number of nitrogens with zero attached hydrogens (tertiary/aromatic N) is 1. The van der Waals surface area contributed by atoms with Crippen LogP contribution >= 0.6 is 11.3 Å². The Kier molecular flexibility index (Phi) is 5.08. The molecule has 1 aliphatic rings. The second kappa shape index (κ2) is 7.11. The Morgan fingerprint density at radius 2 is 2.24 bits per heavy atom. The first-order chi connectivity index (χ1) is 11.9. The maximum Gasteiger partial charge on any atom is 0.254 e. The summed E-state index contributed by atoms with van der Waals surface area (Å²) in [5, 5.41) is 2.05. The van der Waals surface area contributed by atoms with Crippen molar-refractivity contribution >= 4 is 27.3 Å². The molecular weight excluding hydrogens is 356 g/mol. The largest absolute Gasteiger partial charge is 0.331 e. The highest BCUT2D eigenvalue weighted by Gasteiger charge is 2.29. The first-order valence-electron chi connectivity index (χ1n) is 8.02. The lowest BCUT2D eigenvalue weighted by Crippen LogP contribution is -2.38. The van der Waals surface area contributed by atoms with Gasteiger partial charge in [0.15, 0.2) is 0 Å². The van der Waals surface area contributed by atoms with Crippen LogP contribution in [0.25, 0.3) is 0 Å². The van der Waals surface area contributed by atoms with E-state index in [1.807, 2.05) is 12.3 Å². The van der Waals surface area contributed by atoms with Crippen molar-refractivity contribution in [3.05, 3.63) is 64.4 Å². The number of benzene rings is 1. The molecular formula is C18H20N2O3S2. The zero-order valence-corrected chi connectivity index (χ0v) is 15.6. The molecule has 1 N–H and O–H groups in total. The predicted octanol–water partition coefficient (Wildman–Crippen LogP) is 2.97. The molecule has 25 heavy (non-hydrogen) atoms. The molecule has 0 unspecified atom stereocenters. The van der Waals surface area contributed by atoms with Gasteiger partial charge in [-0.3, -0.25) is 4.79 Å². The molecule has 0 saturated carbocycles. The van der Waals surface area contributed by atoms with Gasteiger partial charge >= 0.3 is 0 Å². The van der Waals surface area contributed by atoms with Crippen molar-refractivity contribution in [3.63, 3.8) is 0 Å². The van der Waals surface area contributed by atoms with Crippen LogP contribution in [0.3, 0.4) is 0 Å². The van der Waals surface area contributed by atoms with E-state index in [0.717, 1.165) is 6.42 Å². The van der Waals surface area contributed by atoms with Crippen LogP contribution in [0, 0.1) is 0 Å². The molecule has 1 aliphatic heterocycles. The van der Waals surface area contributed by atoms with Crippen LogP contribution < -0.4 is 4.72 Å². The molecule has 0 spiro atoms. The van der Waals surface area contributed by atoms with Gasteiger partial charge in [0, 0.05) is 23.5 Å². The Bertz CT molecular complexity index is 903. The van der Waals surface area contributed by atoms with Crippen molar-refractivity contribution in [1.29, 1.82) is 0 Å². The highest BCUT2D eigenvalue weighted by molar-refractivity contribution is 7.89. The summed E-state index contributed by atoms with van der Waals surface area (Å²) in [6, 6.07) is 8.22. The minimum atomic E-state index is -3.65. The third kappa shape index (κ3) is 3.53. The Morgan fingerprint density at radius 3 is 3.00 bits per heavy atom. The Labute approximate surface area is 152 Å². The summed E-state index contributed by atoms with van der Waals surface area (Å²) < 4.78 is 26.9. The fourth-order valence-corrected chi connectivity index (χ4v) is 5.01. The monoisotopic (exact) mass is 376 g/mol. The minimum Gasteiger partial charge on any atom is -0.331 e. The van der Waals surface area contributed by atoms with Crippen molar-refractivity contribution in [3.8, 4) is 0 Å². The highest BCUT2D eigenvalue weighted by Crippen LogP contribution is 2.33. The fourth-order valence-electron chi connectivity index (χ4n) is 3.00. The zero-order valence-electron chi connectivity index (χ0n) is 13.9. The van der Waals surface area contributed by atoms with Crippen molar-refractivity contribution < 1.29 is 13.2 Å². The topological polar surface area (TPSA) is 66.5 Å². The second-order valence-corrected chi connectivity index (χ2v) is 8.66. The molecule has 5 nitrogen and oxygen atoms in total. The molecule has 2 aromatic rings. The predicted molar refractivity (Wildman–Crippen MR) is 99.3 cm³/mol. The third-order valence-corrected chi connectivity index (χ3v) is 6.76. The molecule has 0 bridgehead atoms. The lowest BCUT2D eigenvalue weighted by molar-refractivity contribution is 0.0679. The third-order valence-electron chi connectivity index (χ3n) is 4.35. The fraction of sp³-hybridized carbons (Fsp3) is 0.278. The summed E-state index contributed by atoms with van der Waals surface area (Å²) in [4.78, 5) is 16.1. The number of rotatable bonds is 5. The number of thiophene rings is 1. The molecule has 0 aliphatic carbocycles. The van der Waals surface area contributed by atoms with Crippen LogP contribution in [-0.2, 0) is 16.4 Å². The Morgan fingerprint density at radius 1 is 1.44 bits per heavy atom. The van der Waals surface area contributed by atoms with Crippen LogP contribution in [0.5, 0.6) is 0 Å². The van der Waals surface area contributed by atoms with E-state index in [4.69, 9.17) is 0 Å². The summed E-state index contributed by atoms with van der Waals surface area (Å²) in [5.74, 6) is -0.148. The van der Waals surface area contributed by atoms with E-state index in [2.05, 4.69) is 17.4 Å². The number of hydrogen-bond acceptors (Lipinski definition) is 4. The van der Waals surface area contributed by atoms with Crippen LogP contribution in [0.15, 0.2) is 53.3 Å². The van der Waals surface area contributed by atoms with E-state index >= 15 is 0 Å². The maximum absolute atomic E-state index is 12.9. The van der Waals surface area contributed by atoms with Crippen LogP contribution in [-0.4, -0.2) is 32.3 Å². The van der Waals surface area contributed by atoms with Crippen molar-refractivity contribution in [2.75, 3.05) is 13.1 Å². The molecule has 2 heterocycles. The molecule has 1 aromatic heterocycles. The first kappa shape index (κ1) is 17.8. The first-order valence-corrected chi connectivity index (χ1v) is 10.4. The summed E-state index contributed by atoms with van der Waals surface area (Å²) >= 11 is 1.72. The average Bonchev–Trinajstić information content (AvgIpc) is 3.09. The molecule has 0 radical (unpaired) electrons. The van der Waals surface area contributed by atoms with Crippen molar-refractivity contribution in [2.24, 2.45) is 0 Å².